The summed E-state index contributed by atoms with van der Waals surface area (Å²) in [6.45, 7) is 8.91. The number of aromatic nitrogens is 2. The second-order valence-electron chi connectivity index (χ2n) is 7.58. The highest BCUT2D eigenvalue weighted by Crippen LogP contribution is 2.17. The Morgan fingerprint density at radius 3 is 2.39 bits per heavy atom. The smallest absolute Gasteiger partial charge is 0.337 e. The molecule has 1 saturated heterocycles. The first-order valence-electron chi connectivity index (χ1n) is 10.4. The van der Waals surface area contributed by atoms with E-state index in [9.17, 15) is 9.59 Å². The molecule has 0 atom stereocenters. The Bertz CT molecular complexity index is 821. The molecule has 3 rings (SSSR count). The summed E-state index contributed by atoms with van der Waals surface area (Å²) in [5, 5.41) is 3.01. The third-order valence-corrected chi connectivity index (χ3v) is 5.56. The number of para-hydroxylation sites is 2. The van der Waals surface area contributed by atoms with Gasteiger partial charge < -0.3 is 10.2 Å². The third-order valence-electron chi connectivity index (χ3n) is 5.56. The molecule has 2 aromatic rings. The first-order valence-corrected chi connectivity index (χ1v) is 10.4. The average Bonchev–Trinajstić information content (AvgIpc) is 2.97. The number of carbonyl (C=O) groups excluding carboxylic acids is 1. The third kappa shape index (κ3) is 4.97. The second-order valence-corrected chi connectivity index (χ2v) is 7.58. The van der Waals surface area contributed by atoms with Crippen molar-refractivity contribution in [2.45, 2.75) is 52.5 Å². The van der Waals surface area contributed by atoms with Crippen LogP contribution in [-0.4, -0.2) is 46.2 Å². The van der Waals surface area contributed by atoms with Gasteiger partial charge in [0.1, 0.15) is 0 Å². The summed E-state index contributed by atoms with van der Waals surface area (Å²) in [5.41, 5.74) is 1.26. The fourth-order valence-corrected chi connectivity index (χ4v) is 3.95. The highest BCUT2D eigenvalue weighted by atomic mass is 35.5. The summed E-state index contributed by atoms with van der Waals surface area (Å²) in [4.78, 5) is 28.1. The number of carbonyl (C=O) groups is 1. The van der Waals surface area contributed by atoms with Gasteiger partial charge >= 0.3 is 11.7 Å². The maximum atomic E-state index is 12.8. The zero-order chi connectivity index (χ0) is 19.2. The minimum absolute atomic E-state index is 0. The molecule has 0 radical (unpaired) electrons. The van der Waals surface area contributed by atoms with Crippen molar-refractivity contribution in [1.29, 1.82) is 0 Å². The molecule has 1 N–H and O–H groups in total. The van der Waals surface area contributed by atoms with E-state index in [4.69, 9.17) is 0 Å². The molecule has 1 aromatic carbocycles. The Kier molecular flexibility index (Phi) is 8.58. The van der Waals surface area contributed by atoms with E-state index in [0.29, 0.717) is 24.5 Å². The number of hydrogen-bond acceptors (Lipinski definition) is 3. The molecule has 0 saturated carbocycles. The van der Waals surface area contributed by atoms with Crippen LogP contribution in [-0.2, 0) is 6.54 Å². The van der Waals surface area contributed by atoms with E-state index in [1.807, 2.05) is 31.2 Å². The van der Waals surface area contributed by atoms with Crippen LogP contribution in [0.3, 0.4) is 0 Å². The fourth-order valence-electron chi connectivity index (χ4n) is 3.95. The number of nitrogens with zero attached hydrogens (tertiary/aromatic N) is 3. The van der Waals surface area contributed by atoms with Gasteiger partial charge in [0.25, 0.3) is 0 Å². The highest BCUT2D eigenvalue weighted by Gasteiger charge is 2.21. The lowest BCUT2D eigenvalue weighted by Crippen LogP contribution is -2.42. The molecule has 156 valence electrons. The predicted octanol–water partition coefficient (Wildman–Crippen LogP) is 3.70. The van der Waals surface area contributed by atoms with Gasteiger partial charge in [-0.3, -0.25) is 4.57 Å². The highest BCUT2D eigenvalue weighted by molar-refractivity contribution is 5.89. The van der Waals surface area contributed by atoms with Crippen LogP contribution in [0.2, 0.25) is 0 Å². The van der Waals surface area contributed by atoms with Crippen molar-refractivity contribution in [1.82, 2.24) is 19.4 Å². The zero-order valence-electron chi connectivity index (χ0n) is 17.0. The average molecular weight is 409 g/mol. The van der Waals surface area contributed by atoms with E-state index in [2.05, 4.69) is 17.1 Å². The van der Waals surface area contributed by atoms with Crippen LogP contribution in [0.15, 0.2) is 29.1 Å². The molecule has 2 heterocycles. The van der Waals surface area contributed by atoms with Gasteiger partial charge in [-0.2, -0.15) is 0 Å². The van der Waals surface area contributed by atoms with Crippen LogP contribution in [0.4, 0.5) is 4.79 Å². The molecule has 1 aliphatic rings. The topological polar surface area (TPSA) is 59.3 Å². The van der Waals surface area contributed by atoms with Crippen LogP contribution < -0.4 is 11.0 Å². The van der Waals surface area contributed by atoms with Crippen LogP contribution in [0.5, 0.6) is 0 Å². The summed E-state index contributed by atoms with van der Waals surface area (Å²) in [6, 6.07) is 7.22. The van der Waals surface area contributed by atoms with Crippen LogP contribution in [0, 0.1) is 5.92 Å². The molecular formula is C21H33ClN4O2. The first kappa shape index (κ1) is 22.5. The maximum Gasteiger partial charge on any atom is 0.337 e. The molecule has 1 aliphatic heterocycles. The van der Waals surface area contributed by atoms with Crippen LogP contribution in [0.1, 0.15) is 46.0 Å². The molecule has 0 bridgehead atoms. The Hall–Kier alpha value is -1.79. The van der Waals surface area contributed by atoms with Crippen molar-refractivity contribution in [3.8, 4) is 0 Å². The van der Waals surface area contributed by atoms with E-state index in [1.54, 1.807) is 4.57 Å². The van der Waals surface area contributed by atoms with E-state index in [1.165, 1.54) is 24.0 Å². The number of piperidine rings is 1. The molecule has 0 aliphatic carbocycles. The molecule has 0 unspecified atom stereocenters. The van der Waals surface area contributed by atoms with E-state index in [-0.39, 0.29) is 24.1 Å². The Labute approximate surface area is 173 Å². The number of benzene rings is 1. The first-order chi connectivity index (χ1) is 13.2. The molecule has 1 fully saturated rings. The lowest BCUT2D eigenvalue weighted by Gasteiger charge is -2.31. The number of halogens is 1. The number of nitrogens with one attached hydrogen (secondary N) is 1. The minimum Gasteiger partial charge on any atom is -0.337 e. The van der Waals surface area contributed by atoms with E-state index in [0.717, 1.165) is 37.9 Å². The Morgan fingerprint density at radius 2 is 1.75 bits per heavy atom. The summed E-state index contributed by atoms with van der Waals surface area (Å²) in [7, 11) is 0. The number of unbranched alkanes of at least 4 members (excludes halogenated alkanes) is 1. The predicted molar refractivity (Wildman–Crippen MR) is 117 cm³/mol. The number of rotatable bonds is 7. The van der Waals surface area contributed by atoms with Crippen LogP contribution >= 0.6 is 12.4 Å². The second kappa shape index (κ2) is 10.7. The molecule has 6 nitrogen and oxygen atoms in total. The van der Waals surface area contributed by atoms with E-state index >= 15 is 0 Å². The Balaban J connectivity index is 0.00000280. The van der Waals surface area contributed by atoms with Gasteiger partial charge in [0.2, 0.25) is 0 Å². The van der Waals surface area contributed by atoms with Crippen molar-refractivity contribution in [3.05, 3.63) is 34.7 Å². The van der Waals surface area contributed by atoms with Gasteiger partial charge in [-0.25, -0.2) is 14.2 Å². The minimum atomic E-state index is -0.306. The quantitative estimate of drug-likeness (QED) is 0.759. The lowest BCUT2D eigenvalue weighted by molar-refractivity contribution is 0.179. The normalized spacial score (nSPS) is 15.5. The number of likely N-dealkylation sites (tertiary alicyclic amines) is 1. The molecule has 1 amide bonds. The number of hydrogen-bond donors (Lipinski definition) is 1. The summed E-state index contributed by atoms with van der Waals surface area (Å²) in [5.74, 6) is 0.492. The number of aryl methyl sites for hydroxylation is 1. The largest absolute Gasteiger partial charge is 0.337 e. The molecule has 7 heteroatoms. The van der Waals surface area contributed by atoms with Crippen molar-refractivity contribution < 1.29 is 4.79 Å². The van der Waals surface area contributed by atoms with Gasteiger partial charge in [-0.15, -0.1) is 12.4 Å². The van der Waals surface area contributed by atoms with Gasteiger partial charge in [0.05, 0.1) is 11.0 Å². The maximum absolute atomic E-state index is 12.8. The lowest BCUT2D eigenvalue weighted by atomic mass is 9.96. The van der Waals surface area contributed by atoms with Gasteiger partial charge in [-0.05, 0) is 63.4 Å². The summed E-state index contributed by atoms with van der Waals surface area (Å²) in [6.07, 6.45) is 5.56. The summed E-state index contributed by atoms with van der Waals surface area (Å²) < 4.78 is 2.99. The summed E-state index contributed by atoms with van der Waals surface area (Å²) >= 11 is 0. The molecule has 28 heavy (non-hydrogen) atoms. The van der Waals surface area contributed by atoms with Crippen LogP contribution in [0.25, 0.3) is 11.0 Å². The van der Waals surface area contributed by atoms with Crippen molar-refractivity contribution in [2.24, 2.45) is 5.92 Å². The van der Waals surface area contributed by atoms with Gasteiger partial charge in [0.15, 0.2) is 0 Å². The van der Waals surface area contributed by atoms with Gasteiger partial charge in [0, 0.05) is 13.1 Å². The zero-order valence-corrected chi connectivity index (χ0v) is 17.8. The molecule has 1 aromatic heterocycles. The van der Waals surface area contributed by atoms with Crippen molar-refractivity contribution in [2.75, 3.05) is 26.2 Å². The molecule has 0 spiro atoms. The van der Waals surface area contributed by atoms with E-state index < -0.39 is 0 Å². The molecular weight excluding hydrogens is 376 g/mol. The standard InChI is InChI=1S/C21H32N4O2.ClH/c1-3-5-13-23-14-10-17(11-15-23)16-22-20(26)25-19-9-7-6-8-18(19)24(12-4-2)21(25)27;/h6-9,17H,3-5,10-16H2,1-2H3,(H,22,26);1H. The van der Waals surface area contributed by atoms with Crippen molar-refractivity contribution >= 4 is 29.5 Å². The SMILES string of the molecule is CCCCN1CCC(CNC(=O)n2c(=O)n(CCC)c3ccccc32)CC1.Cl. The van der Waals surface area contributed by atoms with Gasteiger partial charge in [-0.1, -0.05) is 32.4 Å². The Morgan fingerprint density at radius 1 is 1.07 bits per heavy atom. The fraction of sp³-hybridized carbons (Fsp3) is 0.619. The number of imidazole rings is 1. The van der Waals surface area contributed by atoms with Crippen molar-refractivity contribution in [3.63, 3.8) is 0 Å². The number of fused-ring (bicyclic) bond motifs is 1. The monoisotopic (exact) mass is 408 g/mol. The number of amides is 1.